The molecule has 1 aliphatic rings. The van der Waals surface area contributed by atoms with E-state index in [0.29, 0.717) is 0 Å². The Balaban J connectivity index is 2.27. The zero-order chi connectivity index (χ0) is 13.8. The minimum atomic E-state index is 0.115. The molecule has 1 heteroatoms. The molecule has 2 aromatic rings. The van der Waals surface area contributed by atoms with E-state index in [1.165, 1.54) is 27.8 Å². The van der Waals surface area contributed by atoms with Gasteiger partial charge in [0, 0.05) is 8.84 Å². The summed E-state index contributed by atoms with van der Waals surface area (Å²) < 4.78 is 0.178. The molecule has 0 nitrogen and oxygen atoms in total. The third kappa shape index (κ3) is 1.94. The van der Waals surface area contributed by atoms with Gasteiger partial charge in [0.05, 0.1) is 0 Å². The van der Waals surface area contributed by atoms with Crippen LogP contribution < -0.4 is 0 Å². The minimum Gasteiger partial charge on any atom is -0.0743 e. The van der Waals surface area contributed by atoms with Crippen LogP contribution in [0.1, 0.15) is 44.4 Å². The second kappa shape index (κ2) is 4.08. The van der Waals surface area contributed by atoms with Gasteiger partial charge in [0.15, 0.2) is 0 Å². The topological polar surface area (TPSA) is 0 Å². The van der Waals surface area contributed by atoms with Crippen molar-refractivity contribution >= 4 is 22.6 Å². The van der Waals surface area contributed by atoms with Crippen LogP contribution in [0.4, 0.5) is 0 Å². The van der Waals surface area contributed by atoms with Gasteiger partial charge in [0.1, 0.15) is 0 Å². The highest BCUT2D eigenvalue weighted by Gasteiger charge is 2.35. The van der Waals surface area contributed by atoms with Gasteiger partial charge in [-0.1, -0.05) is 78.9 Å². The molecule has 0 aromatic heterocycles. The van der Waals surface area contributed by atoms with Gasteiger partial charge in [0.2, 0.25) is 0 Å². The van der Waals surface area contributed by atoms with E-state index < -0.39 is 0 Å². The lowest BCUT2D eigenvalue weighted by atomic mass is 9.81. The summed E-state index contributed by atoms with van der Waals surface area (Å²) in [5, 5.41) is 0. The highest BCUT2D eigenvalue weighted by Crippen LogP contribution is 2.49. The Morgan fingerprint density at radius 2 is 1.53 bits per heavy atom. The van der Waals surface area contributed by atoms with Gasteiger partial charge < -0.3 is 0 Å². The smallest absolute Gasteiger partial charge is 0.0414 e. The fourth-order valence-electron chi connectivity index (χ4n) is 3.07. The Bertz CT molecular complexity index is 645. The predicted octanol–water partition coefficient (Wildman–Crippen LogP) is 5.66. The quantitative estimate of drug-likeness (QED) is 0.453. The molecule has 1 aliphatic carbocycles. The second-order valence-corrected chi connectivity index (χ2v) is 9.10. The maximum atomic E-state index is 2.52. The zero-order valence-electron chi connectivity index (χ0n) is 11.9. The third-order valence-corrected chi connectivity index (χ3v) is 4.89. The molecule has 19 heavy (non-hydrogen) atoms. The lowest BCUT2D eigenvalue weighted by molar-refractivity contribution is 0.657. The fraction of sp³-hybridized carbons (Fsp3) is 0.333. The maximum Gasteiger partial charge on any atom is 0.0414 e. The van der Waals surface area contributed by atoms with Crippen LogP contribution in [0.5, 0.6) is 0 Å². The number of hydrogen-bond donors (Lipinski definition) is 0. The summed E-state index contributed by atoms with van der Waals surface area (Å²) in [7, 11) is 0. The normalized spacial score (nSPS) is 16.1. The van der Waals surface area contributed by atoms with Gasteiger partial charge in [-0.3, -0.25) is 0 Å². The molecule has 2 aromatic carbocycles. The molecule has 0 N–H and O–H groups in total. The van der Waals surface area contributed by atoms with Crippen molar-refractivity contribution in [2.75, 3.05) is 0 Å². The van der Waals surface area contributed by atoms with E-state index in [2.05, 4.69) is 92.8 Å². The molecule has 0 atom stereocenters. The van der Waals surface area contributed by atoms with Crippen LogP contribution in [-0.2, 0) is 8.84 Å². The van der Waals surface area contributed by atoms with Gasteiger partial charge in [-0.2, -0.15) is 0 Å². The van der Waals surface area contributed by atoms with Crippen molar-refractivity contribution in [3.8, 4) is 11.1 Å². The molecule has 3 rings (SSSR count). The van der Waals surface area contributed by atoms with Gasteiger partial charge in [-0.05, 0) is 41.7 Å². The number of rotatable bonds is 1. The monoisotopic (exact) mass is 362 g/mol. The van der Waals surface area contributed by atoms with Gasteiger partial charge in [-0.15, -0.1) is 0 Å². The Labute approximate surface area is 129 Å². The lowest BCUT2D eigenvalue weighted by Gasteiger charge is -2.24. The van der Waals surface area contributed by atoms with Crippen molar-refractivity contribution in [1.82, 2.24) is 0 Å². The van der Waals surface area contributed by atoms with E-state index in [9.17, 15) is 0 Å². The molecule has 98 valence electrons. The van der Waals surface area contributed by atoms with Gasteiger partial charge in [0.25, 0.3) is 0 Å². The molecule has 0 spiro atoms. The molecular formula is C18H19I. The van der Waals surface area contributed by atoms with Crippen molar-refractivity contribution in [2.24, 2.45) is 0 Å². The minimum absolute atomic E-state index is 0.115. The van der Waals surface area contributed by atoms with E-state index in [-0.39, 0.29) is 8.84 Å². The highest BCUT2D eigenvalue weighted by atomic mass is 127. The summed E-state index contributed by atoms with van der Waals surface area (Å²) in [6.07, 6.45) is 0. The number of fused-ring (bicyclic) bond motifs is 3. The van der Waals surface area contributed by atoms with E-state index in [4.69, 9.17) is 0 Å². The molecular weight excluding hydrogens is 343 g/mol. The summed E-state index contributed by atoms with van der Waals surface area (Å²) in [5.41, 5.74) is 7.26. The van der Waals surface area contributed by atoms with Gasteiger partial charge >= 0.3 is 0 Å². The molecule has 0 amide bonds. The van der Waals surface area contributed by atoms with Crippen molar-refractivity contribution in [3.05, 3.63) is 59.2 Å². The Morgan fingerprint density at radius 1 is 0.895 bits per heavy atom. The van der Waals surface area contributed by atoms with Crippen molar-refractivity contribution in [3.63, 3.8) is 0 Å². The first-order valence-electron chi connectivity index (χ1n) is 6.75. The SMILES string of the molecule is CC(C)(I)c1ccc2c(c1)C(C)(C)c1ccccc1-2. The summed E-state index contributed by atoms with van der Waals surface area (Å²) in [5.74, 6) is 0. The highest BCUT2D eigenvalue weighted by molar-refractivity contribution is 14.1. The van der Waals surface area contributed by atoms with Crippen LogP contribution in [0.25, 0.3) is 11.1 Å². The Kier molecular flexibility index (Phi) is 2.83. The number of halogens is 1. The van der Waals surface area contributed by atoms with Crippen molar-refractivity contribution < 1.29 is 0 Å². The summed E-state index contributed by atoms with van der Waals surface area (Å²) in [4.78, 5) is 0. The Morgan fingerprint density at radius 3 is 2.21 bits per heavy atom. The second-order valence-electron chi connectivity index (χ2n) is 6.40. The molecule has 0 aliphatic heterocycles. The molecule has 0 saturated carbocycles. The molecule has 0 unspecified atom stereocenters. The van der Waals surface area contributed by atoms with E-state index in [1.54, 1.807) is 0 Å². The fourth-order valence-corrected chi connectivity index (χ4v) is 3.41. The molecule has 0 heterocycles. The summed E-state index contributed by atoms with van der Waals surface area (Å²) in [6.45, 7) is 9.21. The van der Waals surface area contributed by atoms with Crippen molar-refractivity contribution in [2.45, 2.75) is 36.5 Å². The predicted molar refractivity (Wildman–Crippen MR) is 91.1 cm³/mol. The van der Waals surface area contributed by atoms with E-state index in [0.717, 1.165) is 0 Å². The Hall–Kier alpha value is -0.830. The van der Waals surface area contributed by atoms with Crippen molar-refractivity contribution in [1.29, 1.82) is 0 Å². The van der Waals surface area contributed by atoms with Crippen LogP contribution in [0.15, 0.2) is 42.5 Å². The number of hydrogen-bond acceptors (Lipinski definition) is 0. The standard InChI is InChI=1S/C18H19I/c1-17(2)15-8-6-5-7-13(15)14-10-9-12(11-16(14)17)18(3,4)19/h5-11H,1-4H3. The average molecular weight is 362 g/mol. The first-order chi connectivity index (χ1) is 8.82. The molecule has 0 saturated heterocycles. The van der Waals surface area contributed by atoms with Gasteiger partial charge in [-0.25, -0.2) is 0 Å². The number of alkyl halides is 1. The van der Waals surface area contributed by atoms with Crippen LogP contribution in [0.2, 0.25) is 0 Å². The maximum absolute atomic E-state index is 2.52. The van der Waals surface area contributed by atoms with Crippen LogP contribution in [0.3, 0.4) is 0 Å². The average Bonchev–Trinajstić information content (AvgIpc) is 2.58. The largest absolute Gasteiger partial charge is 0.0743 e. The summed E-state index contributed by atoms with van der Waals surface area (Å²) >= 11 is 2.52. The molecule has 0 radical (unpaired) electrons. The van der Waals surface area contributed by atoms with E-state index >= 15 is 0 Å². The first-order valence-corrected chi connectivity index (χ1v) is 7.83. The van der Waals surface area contributed by atoms with Crippen LogP contribution >= 0.6 is 22.6 Å². The third-order valence-electron chi connectivity index (χ3n) is 4.27. The first kappa shape index (κ1) is 13.2. The zero-order valence-corrected chi connectivity index (χ0v) is 14.1. The molecule has 0 fully saturated rings. The van der Waals surface area contributed by atoms with E-state index in [1.807, 2.05) is 0 Å². The lowest BCUT2D eigenvalue weighted by Crippen LogP contribution is -2.16. The molecule has 0 bridgehead atoms. The van der Waals surface area contributed by atoms with Crippen LogP contribution in [-0.4, -0.2) is 0 Å². The number of benzene rings is 2. The van der Waals surface area contributed by atoms with Crippen LogP contribution in [0, 0.1) is 0 Å². The summed E-state index contributed by atoms with van der Waals surface area (Å²) in [6, 6.07) is 15.8.